The van der Waals surface area contributed by atoms with Crippen molar-refractivity contribution in [3.63, 3.8) is 0 Å². The number of benzene rings is 2. The number of aliphatic carboxylic acids is 1. The number of hydrogen-bond donors (Lipinski definition) is 2. The number of fused-ring (bicyclic) bond motifs is 1. The third-order valence-corrected chi connectivity index (χ3v) is 6.55. The second-order valence-corrected chi connectivity index (χ2v) is 9.54. The average molecular weight is 573 g/mol. The van der Waals surface area contributed by atoms with E-state index in [0.717, 1.165) is 32.0 Å². The molecule has 1 unspecified atom stereocenters. The van der Waals surface area contributed by atoms with Crippen molar-refractivity contribution in [1.82, 2.24) is 29.7 Å². The van der Waals surface area contributed by atoms with E-state index in [1.54, 1.807) is 30.5 Å². The van der Waals surface area contributed by atoms with Gasteiger partial charge in [0, 0.05) is 38.9 Å². The maximum Gasteiger partial charge on any atom is 0.490 e. The summed E-state index contributed by atoms with van der Waals surface area (Å²) >= 11 is 0. The Balaban J connectivity index is 0.000000493. The Morgan fingerprint density at radius 3 is 2.39 bits per heavy atom. The van der Waals surface area contributed by atoms with E-state index in [-0.39, 0.29) is 24.3 Å². The molecule has 0 spiro atoms. The summed E-state index contributed by atoms with van der Waals surface area (Å²) in [7, 11) is 2.10. The van der Waals surface area contributed by atoms with E-state index in [4.69, 9.17) is 9.90 Å². The van der Waals surface area contributed by atoms with Crippen molar-refractivity contribution in [2.24, 2.45) is 0 Å². The zero-order valence-corrected chi connectivity index (χ0v) is 22.1. The van der Waals surface area contributed by atoms with Crippen molar-refractivity contribution >= 4 is 17.5 Å². The van der Waals surface area contributed by atoms with E-state index in [0.29, 0.717) is 16.8 Å². The highest BCUT2D eigenvalue weighted by Crippen LogP contribution is 2.25. The molecule has 4 aromatic rings. The minimum Gasteiger partial charge on any atom is -0.475 e. The van der Waals surface area contributed by atoms with Crippen molar-refractivity contribution in [2.75, 3.05) is 26.7 Å². The fourth-order valence-electron chi connectivity index (χ4n) is 4.40. The summed E-state index contributed by atoms with van der Waals surface area (Å²) in [5.41, 5.74) is 3.20. The first kappa shape index (κ1) is 29.6. The Morgan fingerprint density at radius 2 is 1.71 bits per heavy atom. The molecule has 2 aromatic heterocycles. The lowest BCUT2D eigenvalue weighted by Gasteiger charge is -2.38. The predicted molar refractivity (Wildman–Crippen MR) is 141 cm³/mol. The number of carboxylic acid groups (broad SMARTS) is 1. The molecule has 9 nitrogen and oxygen atoms in total. The first-order valence-electron chi connectivity index (χ1n) is 12.6. The summed E-state index contributed by atoms with van der Waals surface area (Å²) in [6.45, 7) is 3.86. The Kier molecular flexibility index (Phi) is 9.30. The van der Waals surface area contributed by atoms with Crippen molar-refractivity contribution < 1.29 is 32.3 Å². The van der Waals surface area contributed by atoms with Crippen molar-refractivity contribution in [3.8, 4) is 0 Å². The van der Waals surface area contributed by atoms with E-state index < -0.39 is 12.1 Å². The van der Waals surface area contributed by atoms with Crippen LogP contribution in [0.3, 0.4) is 0 Å². The van der Waals surface area contributed by atoms with Gasteiger partial charge in [-0.15, -0.1) is 10.2 Å². The van der Waals surface area contributed by atoms with Crippen molar-refractivity contribution in [3.05, 3.63) is 101 Å². The molecular formula is C28H28F4N6O3. The van der Waals surface area contributed by atoms with Gasteiger partial charge in [0.2, 0.25) is 0 Å². The number of aromatic nitrogens is 3. The standard InChI is InChI=1S/C26H27FN6O.C2HF3O2/c1-31-12-13-32(16-19-6-3-2-4-7-19)18-23(31)25-30-29-24-11-10-21(17-33(24)25)26(34)28-15-20-8-5-9-22(27)14-20;3-2(4,5)1(6)7/h2-11,14,17,23H,12-13,15-16,18H2,1H3,(H,28,34);(H,6,7). The lowest BCUT2D eigenvalue weighted by Crippen LogP contribution is -2.46. The number of alkyl halides is 3. The summed E-state index contributed by atoms with van der Waals surface area (Å²) < 4.78 is 47.1. The molecule has 5 rings (SSSR count). The van der Waals surface area contributed by atoms with Gasteiger partial charge in [-0.25, -0.2) is 9.18 Å². The van der Waals surface area contributed by atoms with Crippen LogP contribution in [0.4, 0.5) is 17.6 Å². The summed E-state index contributed by atoms with van der Waals surface area (Å²) in [4.78, 5) is 26.4. The number of hydrogen-bond acceptors (Lipinski definition) is 6. The van der Waals surface area contributed by atoms with Crippen LogP contribution in [0.5, 0.6) is 0 Å². The molecule has 2 N–H and O–H groups in total. The second-order valence-electron chi connectivity index (χ2n) is 9.54. The molecule has 1 aliphatic rings. The molecule has 2 aromatic carbocycles. The highest BCUT2D eigenvalue weighted by Gasteiger charge is 2.38. The molecule has 41 heavy (non-hydrogen) atoms. The van der Waals surface area contributed by atoms with E-state index >= 15 is 0 Å². The monoisotopic (exact) mass is 572 g/mol. The van der Waals surface area contributed by atoms with Gasteiger partial charge >= 0.3 is 12.1 Å². The molecule has 1 saturated heterocycles. The third kappa shape index (κ3) is 7.86. The molecule has 1 atom stereocenters. The predicted octanol–water partition coefficient (Wildman–Crippen LogP) is 3.92. The topological polar surface area (TPSA) is 103 Å². The quantitative estimate of drug-likeness (QED) is 0.338. The SMILES string of the molecule is CN1CCN(Cc2ccccc2)CC1c1nnc2ccc(C(=O)NCc3cccc(F)c3)cn12.O=C(O)C(F)(F)F. The molecule has 0 bridgehead atoms. The number of nitrogens with one attached hydrogen (secondary N) is 1. The molecular weight excluding hydrogens is 544 g/mol. The normalized spacial score (nSPS) is 16.2. The summed E-state index contributed by atoms with van der Waals surface area (Å²) in [5.74, 6) is -2.49. The number of carboxylic acids is 1. The smallest absolute Gasteiger partial charge is 0.475 e. The Bertz CT molecular complexity index is 1500. The van der Waals surface area contributed by atoms with Gasteiger partial charge in [-0.3, -0.25) is 19.0 Å². The van der Waals surface area contributed by atoms with Crippen LogP contribution in [0.15, 0.2) is 72.9 Å². The van der Waals surface area contributed by atoms with Gasteiger partial charge < -0.3 is 10.4 Å². The molecule has 0 radical (unpaired) electrons. The lowest BCUT2D eigenvalue weighted by molar-refractivity contribution is -0.192. The fraction of sp³-hybridized carbons (Fsp3) is 0.286. The maximum atomic E-state index is 13.4. The van der Waals surface area contributed by atoms with Gasteiger partial charge in [-0.05, 0) is 42.4 Å². The molecule has 1 amide bonds. The molecule has 13 heteroatoms. The molecule has 0 aliphatic carbocycles. The molecule has 1 fully saturated rings. The zero-order chi connectivity index (χ0) is 29.6. The second kappa shape index (κ2) is 12.9. The number of carbonyl (C=O) groups excluding carboxylic acids is 1. The van der Waals surface area contributed by atoms with Crippen LogP contribution in [0, 0.1) is 5.82 Å². The average Bonchev–Trinajstić information content (AvgIpc) is 3.36. The number of halogens is 4. The minimum absolute atomic E-state index is 0.0538. The van der Waals surface area contributed by atoms with Crippen molar-refractivity contribution in [2.45, 2.75) is 25.3 Å². The van der Waals surface area contributed by atoms with Crippen LogP contribution in [0.25, 0.3) is 5.65 Å². The van der Waals surface area contributed by atoms with Crippen LogP contribution >= 0.6 is 0 Å². The summed E-state index contributed by atoms with van der Waals surface area (Å²) in [6, 6.07) is 20.3. The van der Waals surface area contributed by atoms with Gasteiger partial charge in [0.15, 0.2) is 11.5 Å². The van der Waals surface area contributed by atoms with Gasteiger partial charge in [-0.1, -0.05) is 42.5 Å². The Morgan fingerprint density at radius 1 is 1.00 bits per heavy atom. The third-order valence-electron chi connectivity index (χ3n) is 6.55. The maximum absolute atomic E-state index is 13.4. The summed E-state index contributed by atoms with van der Waals surface area (Å²) in [6.07, 6.45) is -3.30. The number of amides is 1. The van der Waals surface area contributed by atoms with Gasteiger partial charge in [0.1, 0.15) is 5.82 Å². The minimum atomic E-state index is -5.08. The number of rotatable bonds is 6. The fourth-order valence-corrected chi connectivity index (χ4v) is 4.40. The zero-order valence-electron chi connectivity index (χ0n) is 22.1. The molecule has 216 valence electrons. The first-order chi connectivity index (χ1) is 19.5. The van der Waals surface area contributed by atoms with Gasteiger partial charge in [0.25, 0.3) is 5.91 Å². The highest BCUT2D eigenvalue weighted by molar-refractivity contribution is 5.94. The number of piperazine rings is 1. The van der Waals surface area contributed by atoms with Crippen LogP contribution in [-0.4, -0.2) is 74.2 Å². The molecule has 0 saturated carbocycles. The number of nitrogens with zero attached hydrogens (tertiary/aromatic N) is 5. The van der Waals surface area contributed by atoms with E-state index in [2.05, 4.69) is 56.6 Å². The Hall–Kier alpha value is -4.36. The Labute approximate surface area is 233 Å². The van der Waals surface area contributed by atoms with Gasteiger partial charge in [-0.2, -0.15) is 13.2 Å². The molecule has 3 heterocycles. The van der Waals surface area contributed by atoms with Gasteiger partial charge in [0.05, 0.1) is 11.6 Å². The van der Waals surface area contributed by atoms with Crippen molar-refractivity contribution in [1.29, 1.82) is 0 Å². The lowest BCUT2D eigenvalue weighted by atomic mass is 10.1. The number of likely N-dealkylation sites (N-methyl/N-ethyl adjacent to an activating group) is 1. The van der Waals surface area contributed by atoms with E-state index in [1.807, 2.05) is 10.5 Å². The summed E-state index contributed by atoms with van der Waals surface area (Å²) in [5, 5.41) is 18.8. The number of carbonyl (C=O) groups is 2. The van der Waals surface area contributed by atoms with E-state index in [1.165, 1.54) is 17.7 Å². The van der Waals surface area contributed by atoms with Crippen LogP contribution < -0.4 is 5.32 Å². The first-order valence-corrected chi connectivity index (χ1v) is 12.6. The highest BCUT2D eigenvalue weighted by atomic mass is 19.4. The number of pyridine rings is 1. The largest absolute Gasteiger partial charge is 0.490 e. The van der Waals surface area contributed by atoms with Crippen LogP contribution in [0.2, 0.25) is 0 Å². The van der Waals surface area contributed by atoms with E-state index in [9.17, 15) is 22.4 Å². The van der Waals surface area contributed by atoms with Crippen LogP contribution in [-0.2, 0) is 17.9 Å². The molecule has 1 aliphatic heterocycles. The van der Waals surface area contributed by atoms with Crippen LogP contribution in [0.1, 0.15) is 33.4 Å².